The number of nitrogens with zero attached hydrogens (tertiary/aromatic N) is 2. The number of methoxy groups -OCH3 is 1. The van der Waals surface area contributed by atoms with Crippen LogP contribution < -0.4 is 5.73 Å². The Morgan fingerprint density at radius 1 is 1.42 bits per heavy atom. The molecular weight excluding hydrogens is 250 g/mol. The number of aromatic nitrogens is 1. The predicted molar refractivity (Wildman–Crippen MR) is 67.4 cm³/mol. The molecule has 1 unspecified atom stereocenters. The summed E-state index contributed by atoms with van der Waals surface area (Å²) < 4.78 is 10.4. The van der Waals surface area contributed by atoms with Crippen molar-refractivity contribution in [2.24, 2.45) is 5.73 Å². The number of hydrogen-bond donors (Lipinski definition) is 1. The molecule has 1 atom stereocenters. The third-order valence-corrected chi connectivity index (χ3v) is 2.80. The highest BCUT2D eigenvalue weighted by molar-refractivity contribution is 5.91. The average molecular weight is 269 g/mol. The maximum absolute atomic E-state index is 12.2. The van der Waals surface area contributed by atoms with Gasteiger partial charge in [0.2, 0.25) is 17.8 Å². The predicted octanol–water partition coefficient (Wildman–Crippen LogP) is 0.638. The number of aryl methyl sites for hydroxylation is 1. The Morgan fingerprint density at radius 2 is 2.00 bits per heavy atom. The van der Waals surface area contributed by atoms with Crippen LogP contribution in [0.25, 0.3) is 0 Å². The van der Waals surface area contributed by atoms with Gasteiger partial charge in [0.1, 0.15) is 0 Å². The fraction of sp³-hybridized carbons (Fsp3) is 0.583. The molecule has 0 saturated heterocycles. The Kier molecular flexibility index (Phi) is 5.05. The Bertz CT molecular complexity index is 466. The van der Waals surface area contributed by atoms with Crippen molar-refractivity contribution in [2.45, 2.75) is 26.9 Å². The summed E-state index contributed by atoms with van der Waals surface area (Å²) in [5.41, 5.74) is 5.49. The summed E-state index contributed by atoms with van der Waals surface area (Å²) in [5, 5.41) is 0. The molecule has 0 aliphatic heterocycles. The molecule has 1 heterocycles. The molecule has 7 nitrogen and oxygen atoms in total. The highest BCUT2D eigenvalue weighted by Gasteiger charge is 2.30. The van der Waals surface area contributed by atoms with Crippen molar-refractivity contribution in [1.82, 2.24) is 9.88 Å². The number of carbonyl (C=O) groups excluding carboxylic acids is 2. The lowest BCUT2D eigenvalue weighted by Gasteiger charge is -2.22. The number of hydrogen-bond acceptors (Lipinski definition) is 5. The van der Waals surface area contributed by atoms with Gasteiger partial charge in [-0.05, 0) is 20.8 Å². The lowest BCUT2D eigenvalue weighted by molar-refractivity contribution is -0.143. The summed E-state index contributed by atoms with van der Waals surface area (Å²) in [6, 6.07) is 0. The molecule has 0 spiro atoms. The number of ether oxygens (including phenoxy) is 1. The maximum atomic E-state index is 12.2. The largest absolute Gasteiger partial charge is 0.432 e. The fourth-order valence-electron chi connectivity index (χ4n) is 1.77. The number of rotatable bonds is 6. The molecule has 106 valence electrons. The van der Waals surface area contributed by atoms with Crippen molar-refractivity contribution in [3.8, 4) is 0 Å². The fourth-order valence-corrected chi connectivity index (χ4v) is 1.77. The van der Waals surface area contributed by atoms with Gasteiger partial charge < -0.3 is 19.8 Å². The molecular formula is C12H19N3O4. The Labute approximate surface area is 111 Å². The number of carbonyl (C=O) groups is 2. The number of likely N-dealkylation sites (N-methyl/N-ethyl adjacent to an activating group) is 1. The van der Waals surface area contributed by atoms with Crippen LogP contribution in [0.15, 0.2) is 4.42 Å². The van der Waals surface area contributed by atoms with Gasteiger partial charge >= 0.3 is 0 Å². The van der Waals surface area contributed by atoms with Crippen molar-refractivity contribution in [1.29, 1.82) is 0 Å². The van der Waals surface area contributed by atoms with Crippen LogP contribution in [0.1, 0.15) is 42.1 Å². The van der Waals surface area contributed by atoms with Gasteiger partial charge in [-0.1, -0.05) is 0 Å². The minimum atomic E-state index is -0.966. The minimum absolute atomic E-state index is 0.0469. The first-order chi connectivity index (χ1) is 8.96. The zero-order chi connectivity index (χ0) is 14.6. The highest BCUT2D eigenvalue weighted by atomic mass is 16.5. The van der Waals surface area contributed by atoms with Crippen LogP contribution in [-0.4, -0.2) is 41.9 Å². The molecule has 0 aliphatic carbocycles. The van der Waals surface area contributed by atoms with Gasteiger partial charge in [-0.3, -0.25) is 9.59 Å². The first kappa shape index (κ1) is 15.2. The zero-order valence-corrected chi connectivity index (χ0v) is 11.6. The second-order valence-corrected chi connectivity index (χ2v) is 3.96. The van der Waals surface area contributed by atoms with Gasteiger partial charge in [0, 0.05) is 20.2 Å². The quantitative estimate of drug-likeness (QED) is 0.817. The van der Waals surface area contributed by atoms with Crippen LogP contribution in [0, 0.1) is 6.92 Å². The molecule has 7 heteroatoms. The topological polar surface area (TPSA) is 98.7 Å². The first-order valence-corrected chi connectivity index (χ1v) is 6.04. The lowest BCUT2D eigenvalue weighted by Crippen LogP contribution is -2.35. The van der Waals surface area contributed by atoms with E-state index in [1.54, 1.807) is 11.8 Å². The average Bonchev–Trinajstić information content (AvgIpc) is 2.74. The molecule has 1 aromatic rings. The molecule has 2 amide bonds. The van der Waals surface area contributed by atoms with Gasteiger partial charge in [0.25, 0.3) is 11.8 Å². The summed E-state index contributed by atoms with van der Waals surface area (Å²) in [4.78, 5) is 29.0. The first-order valence-electron chi connectivity index (χ1n) is 6.04. The standard InChI is InChI=1S/C12H19N3O4/c1-5-15(6-2)12(17)9(18-4)11-14-7(3)8(19-11)10(13)16/h9H,5-6H2,1-4H3,(H2,13,16). The summed E-state index contributed by atoms with van der Waals surface area (Å²) in [7, 11) is 1.38. The Morgan fingerprint density at radius 3 is 2.37 bits per heavy atom. The van der Waals surface area contributed by atoms with E-state index in [2.05, 4.69) is 4.98 Å². The molecule has 2 N–H and O–H groups in total. The van der Waals surface area contributed by atoms with Crippen LogP contribution in [0.4, 0.5) is 0 Å². The van der Waals surface area contributed by atoms with E-state index in [4.69, 9.17) is 14.9 Å². The van der Waals surface area contributed by atoms with Crippen molar-refractivity contribution >= 4 is 11.8 Å². The second-order valence-electron chi connectivity index (χ2n) is 3.96. The smallest absolute Gasteiger partial charge is 0.286 e. The molecule has 1 aromatic heterocycles. The Balaban J connectivity index is 3.07. The zero-order valence-electron chi connectivity index (χ0n) is 11.6. The Hall–Kier alpha value is -1.89. The highest BCUT2D eigenvalue weighted by Crippen LogP contribution is 2.21. The van der Waals surface area contributed by atoms with Crippen molar-refractivity contribution in [3.63, 3.8) is 0 Å². The van der Waals surface area contributed by atoms with Crippen LogP contribution >= 0.6 is 0 Å². The molecule has 0 aliphatic rings. The molecule has 0 bridgehead atoms. The minimum Gasteiger partial charge on any atom is -0.432 e. The molecule has 0 radical (unpaired) electrons. The van der Waals surface area contributed by atoms with E-state index in [-0.39, 0.29) is 17.6 Å². The van der Waals surface area contributed by atoms with Gasteiger partial charge in [0.05, 0.1) is 5.69 Å². The third kappa shape index (κ3) is 3.11. The maximum Gasteiger partial charge on any atom is 0.286 e. The van der Waals surface area contributed by atoms with E-state index in [1.807, 2.05) is 13.8 Å². The van der Waals surface area contributed by atoms with Gasteiger partial charge in [-0.15, -0.1) is 0 Å². The van der Waals surface area contributed by atoms with E-state index in [0.29, 0.717) is 18.8 Å². The van der Waals surface area contributed by atoms with Gasteiger partial charge in [-0.2, -0.15) is 0 Å². The summed E-state index contributed by atoms with van der Waals surface area (Å²) in [5.74, 6) is -0.985. The molecule has 0 fully saturated rings. The molecule has 1 rings (SSSR count). The van der Waals surface area contributed by atoms with E-state index < -0.39 is 12.0 Å². The van der Waals surface area contributed by atoms with E-state index in [9.17, 15) is 9.59 Å². The normalized spacial score (nSPS) is 12.2. The van der Waals surface area contributed by atoms with Gasteiger partial charge in [-0.25, -0.2) is 4.98 Å². The summed E-state index contributed by atoms with van der Waals surface area (Å²) in [6.07, 6.45) is -0.966. The number of oxazole rings is 1. The molecule has 0 aromatic carbocycles. The van der Waals surface area contributed by atoms with Crippen LogP contribution in [0.2, 0.25) is 0 Å². The molecule has 19 heavy (non-hydrogen) atoms. The lowest BCUT2D eigenvalue weighted by atomic mass is 10.3. The van der Waals surface area contributed by atoms with Crippen LogP contribution in [0.5, 0.6) is 0 Å². The van der Waals surface area contributed by atoms with Crippen molar-refractivity contribution in [3.05, 3.63) is 17.3 Å². The van der Waals surface area contributed by atoms with Crippen LogP contribution in [-0.2, 0) is 9.53 Å². The number of amides is 2. The third-order valence-electron chi connectivity index (χ3n) is 2.80. The van der Waals surface area contributed by atoms with E-state index >= 15 is 0 Å². The van der Waals surface area contributed by atoms with E-state index in [1.165, 1.54) is 7.11 Å². The second kappa shape index (κ2) is 6.33. The number of primary amides is 1. The summed E-state index contributed by atoms with van der Waals surface area (Å²) >= 11 is 0. The van der Waals surface area contributed by atoms with Crippen LogP contribution in [0.3, 0.4) is 0 Å². The van der Waals surface area contributed by atoms with E-state index in [0.717, 1.165) is 0 Å². The molecule has 0 saturated carbocycles. The van der Waals surface area contributed by atoms with Crippen molar-refractivity contribution < 1.29 is 18.7 Å². The summed E-state index contributed by atoms with van der Waals surface area (Å²) in [6.45, 7) is 6.42. The SMILES string of the molecule is CCN(CC)C(=O)C(OC)c1nc(C)c(C(N)=O)o1. The monoisotopic (exact) mass is 269 g/mol. The van der Waals surface area contributed by atoms with Crippen molar-refractivity contribution in [2.75, 3.05) is 20.2 Å². The number of nitrogens with two attached hydrogens (primary N) is 1. The van der Waals surface area contributed by atoms with Gasteiger partial charge in [0.15, 0.2) is 0 Å².